The van der Waals surface area contributed by atoms with Gasteiger partial charge in [0.25, 0.3) is 0 Å². The summed E-state index contributed by atoms with van der Waals surface area (Å²) in [7, 11) is 0. The topological polar surface area (TPSA) is 72.5 Å². The third kappa shape index (κ3) is 2.12. The van der Waals surface area contributed by atoms with Crippen molar-refractivity contribution in [1.29, 1.82) is 0 Å². The van der Waals surface area contributed by atoms with E-state index in [0.29, 0.717) is 11.2 Å². The molecule has 0 aliphatic heterocycles. The molecule has 0 spiro atoms. The molecule has 102 valence electrons. The average molecular weight is 336 g/mol. The molecule has 1 amide bonds. The van der Waals surface area contributed by atoms with Gasteiger partial charge < -0.3 is 14.2 Å². The molecule has 1 aromatic carbocycles. The molecule has 5 nitrogen and oxygen atoms in total. The Hall–Kier alpha value is -2.08. The Morgan fingerprint density at radius 3 is 2.85 bits per heavy atom. The van der Waals surface area contributed by atoms with Crippen LogP contribution in [0.3, 0.4) is 0 Å². The maximum absolute atomic E-state index is 11.8. The van der Waals surface area contributed by atoms with Crippen LogP contribution in [0.25, 0.3) is 21.9 Å². The van der Waals surface area contributed by atoms with E-state index in [2.05, 4.69) is 21.2 Å². The van der Waals surface area contributed by atoms with Crippen LogP contribution in [0, 0.1) is 6.92 Å². The van der Waals surface area contributed by atoms with Crippen molar-refractivity contribution in [2.75, 3.05) is 10.6 Å². The third-order valence-electron chi connectivity index (χ3n) is 3.02. The summed E-state index contributed by atoms with van der Waals surface area (Å²) in [5, 5.41) is 4.28. The van der Waals surface area contributed by atoms with Gasteiger partial charge in [-0.3, -0.25) is 4.79 Å². The van der Waals surface area contributed by atoms with Crippen LogP contribution in [0.1, 0.15) is 5.56 Å². The van der Waals surface area contributed by atoms with Crippen LogP contribution >= 0.6 is 15.9 Å². The van der Waals surface area contributed by atoms with Crippen molar-refractivity contribution in [1.82, 2.24) is 0 Å². The number of amides is 1. The first kappa shape index (κ1) is 12.9. The highest BCUT2D eigenvalue weighted by Crippen LogP contribution is 2.27. The summed E-state index contributed by atoms with van der Waals surface area (Å²) in [6, 6.07) is 5.15. The van der Waals surface area contributed by atoms with Crippen molar-refractivity contribution in [3.05, 3.63) is 40.4 Å². The molecule has 0 fully saturated rings. The van der Waals surface area contributed by atoms with E-state index in [9.17, 15) is 9.59 Å². The van der Waals surface area contributed by atoms with Gasteiger partial charge in [-0.15, -0.1) is 0 Å². The lowest BCUT2D eigenvalue weighted by molar-refractivity contribution is -0.113. The zero-order valence-electron chi connectivity index (χ0n) is 10.5. The summed E-state index contributed by atoms with van der Waals surface area (Å²) in [6.45, 7) is 1.93. The zero-order chi connectivity index (χ0) is 14.3. The van der Waals surface area contributed by atoms with E-state index >= 15 is 0 Å². The average Bonchev–Trinajstić information content (AvgIpc) is 2.78. The molecule has 0 bridgehead atoms. The quantitative estimate of drug-likeness (QED) is 0.576. The van der Waals surface area contributed by atoms with E-state index < -0.39 is 5.63 Å². The number of halogens is 1. The Balaban J connectivity index is 2.22. The smallest absolute Gasteiger partial charge is 0.360 e. The molecule has 0 atom stereocenters. The second kappa shape index (κ2) is 4.79. The summed E-state index contributed by atoms with van der Waals surface area (Å²) in [4.78, 5) is 23.1. The Morgan fingerprint density at radius 2 is 2.10 bits per heavy atom. The first-order valence-corrected chi connectivity index (χ1v) is 7.02. The number of hydrogen-bond acceptors (Lipinski definition) is 4. The number of aryl methyl sites for hydroxylation is 1. The Morgan fingerprint density at radius 1 is 1.30 bits per heavy atom. The van der Waals surface area contributed by atoms with Crippen LogP contribution < -0.4 is 10.9 Å². The monoisotopic (exact) mass is 335 g/mol. The predicted molar refractivity (Wildman–Crippen MR) is 79.4 cm³/mol. The first-order valence-electron chi connectivity index (χ1n) is 5.90. The Kier molecular flexibility index (Phi) is 3.10. The van der Waals surface area contributed by atoms with Gasteiger partial charge >= 0.3 is 5.63 Å². The fourth-order valence-corrected chi connectivity index (χ4v) is 2.18. The number of rotatable bonds is 2. The van der Waals surface area contributed by atoms with Crippen LogP contribution in [0.5, 0.6) is 0 Å². The van der Waals surface area contributed by atoms with Gasteiger partial charge in [0.2, 0.25) is 5.91 Å². The van der Waals surface area contributed by atoms with Gasteiger partial charge in [0, 0.05) is 16.8 Å². The van der Waals surface area contributed by atoms with E-state index in [1.165, 1.54) is 0 Å². The molecule has 0 radical (unpaired) electrons. The van der Waals surface area contributed by atoms with Crippen molar-refractivity contribution in [2.45, 2.75) is 6.92 Å². The van der Waals surface area contributed by atoms with Gasteiger partial charge in [-0.25, -0.2) is 4.79 Å². The number of alkyl halides is 1. The van der Waals surface area contributed by atoms with Crippen molar-refractivity contribution in [2.24, 2.45) is 0 Å². The molecule has 1 N–H and O–H groups in total. The predicted octanol–water partition coefficient (Wildman–Crippen LogP) is 3.18. The normalized spacial score (nSPS) is 11.1. The van der Waals surface area contributed by atoms with Gasteiger partial charge in [-0.2, -0.15) is 0 Å². The number of hydrogen-bond donors (Lipinski definition) is 1. The minimum Gasteiger partial charge on any atom is -0.464 e. The number of anilines is 1. The summed E-state index contributed by atoms with van der Waals surface area (Å²) in [6.07, 6.45) is 1.65. The van der Waals surface area contributed by atoms with Gasteiger partial charge in [-0.1, -0.05) is 15.9 Å². The lowest BCUT2D eigenvalue weighted by atomic mass is 10.1. The number of furan rings is 1. The van der Waals surface area contributed by atoms with Crippen molar-refractivity contribution >= 4 is 49.5 Å². The molecule has 0 aliphatic carbocycles. The summed E-state index contributed by atoms with van der Waals surface area (Å²) < 4.78 is 10.6. The molecule has 2 heterocycles. The van der Waals surface area contributed by atoms with E-state index in [1.54, 1.807) is 18.4 Å². The maximum Gasteiger partial charge on any atom is 0.360 e. The van der Waals surface area contributed by atoms with E-state index in [4.69, 9.17) is 8.83 Å². The molecule has 2 aromatic heterocycles. The van der Waals surface area contributed by atoms with Crippen LogP contribution in [0.2, 0.25) is 0 Å². The molecule has 0 unspecified atom stereocenters. The van der Waals surface area contributed by atoms with Gasteiger partial charge in [0.1, 0.15) is 16.9 Å². The van der Waals surface area contributed by atoms with Gasteiger partial charge in [0.15, 0.2) is 0 Å². The number of nitrogens with one attached hydrogen (secondary N) is 1. The van der Waals surface area contributed by atoms with Gasteiger partial charge in [-0.05, 0) is 24.6 Å². The summed E-state index contributed by atoms with van der Waals surface area (Å²) >= 11 is 3.03. The Bertz CT molecular complexity index is 878. The van der Waals surface area contributed by atoms with E-state index in [-0.39, 0.29) is 16.9 Å². The fraction of sp³-hybridized carbons (Fsp3) is 0.143. The number of carbonyl (C=O) groups is 1. The van der Waals surface area contributed by atoms with Gasteiger partial charge in [0.05, 0.1) is 11.6 Å². The second-order valence-electron chi connectivity index (χ2n) is 4.43. The highest BCUT2D eigenvalue weighted by Gasteiger charge is 2.11. The Labute approximate surface area is 121 Å². The lowest BCUT2D eigenvalue weighted by Gasteiger charge is -2.03. The molecular weight excluding hydrogens is 326 g/mol. The number of benzene rings is 1. The van der Waals surface area contributed by atoms with Crippen LogP contribution in [0.15, 0.2) is 38.1 Å². The SMILES string of the molecule is Cc1coc2cc3oc(=O)c(NC(=O)CBr)cc3cc12. The third-order valence-corrected chi connectivity index (χ3v) is 3.53. The van der Waals surface area contributed by atoms with Crippen molar-refractivity contribution in [3.8, 4) is 0 Å². The molecule has 6 heteroatoms. The zero-order valence-corrected chi connectivity index (χ0v) is 12.1. The summed E-state index contributed by atoms with van der Waals surface area (Å²) in [5.41, 5.74) is 1.63. The van der Waals surface area contributed by atoms with Crippen LogP contribution in [-0.4, -0.2) is 11.2 Å². The van der Waals surface area contributed by atoms with Crippen molar-refractivity contribution < 1.29 is 13.6 Å². The molecule has 0 aliphatic rings. The van der Waals surface area contributed by atoms with E-state index in [1.807, 2.05) is 13.0 Å². The number of fused-ring (bicyclic) bond motifs is 2. The molecule has 0 saturated carbocycles. The highest BCUT2D eigenvalue weighted by atomic mass is 79.9. The molecular formula is C14H10BrNO4. The largest absolute Gasteiger partial charge is 0.464 e. The number of carbonyl (C=O) groups excluding carboxylic acids is 1. The standard InChI is InChI=1S/C14H10BrNO4/c1-7-6-19-12-4-11-8(2-9(7)12)3-10(14(18)20-11)16-13(17)5-15/h2-4,6H,5H2,1H3,(H,16,17). The maximum atomic E-state index is 11.8. The molecule has 3 aromatic rings. The van der Waals surface area contributed by atoms with Crippen LogP contribution in [-0.2, 0) is 4.79 Å². The first-order chi connectivity index (χ1) is 9.58. The molecule has 20 heavy (non-hydrogen) atoms. The highest BCUT2D eigenvalue weighted by molar-refractivity contribution is 9.09. The fourth-order valence-electron chi connectivity index (χ4n) is 2.04. The molecule has 0 saturated heterocycles. The van der Waals surface area contributed by atoms with E-state index in [0.717, 1.165) is 16.3 Å². The second-order valence-corrected chi connectivity index (χ2v) is 4.99. The van der Waals surface area contributed by atoms with Crippen molar-refractivity contribution in [3.63, 3.8) is 0 Å². The summed E-state index contributed by atoms with van der Waals surface area (Å²) in [5.74, 6) is -0.308. The lowest BCUT2D eigenvalue weighted by Crippen LogP contribution is -2.18. The molecule has 3 rings (SSSR count). The minimum atomic E-state index is -0.588. The minimum absolute atomic E-state index is 0.115. The van der Waals surface area contributed by atoms with Crippen LogP contribution in [0.4, 0.5) is 5.69 Å².